The number of rotatable bonds is 8. The summed E-state index contributed by atoms with van der Waals surface area (Å²) in [6.45, 7) is -0.540. The Bertz CT molecular complexity index is 359. The van der Waals surface area contributed by atoms with Gasteiger partial charge < -0.3 is 19.9 Å². The van der Waals surface area contributed by atoms with Gasteiger partial charge in [-0.2, -0.15) is 8.78 Å². The number of hydrogen-bond donors (Lipinski definition) is 2. The highest BCUT2D eigenvalue weighted by molar-refractivity contribution is 5.29. The van der Waals surface area contributed by atoms with Crippen LogP contribution in [0.5, 0.6) is 5.75 Å². The van der Waals surface area contributed by atoms with E-state index in [-0.39, 0.29) is 24.4 Å². The molecule has 19 heavy (non-hydrogen) atoms. The monoisotopic (exact) mass is 275 g/mol. The van der Waals surface area contributed by atoms with Gasteiger partial charge in [-0.25, -0.2) is 0 Å². The molecule has 0 saturated heterocycles. The van der Waals surface area contributed by atoms with E-state index in [9.17, 15) is 8.78 Å². The Kier molecular flexibility index (Phi) is 6.69. The molecule has 0 saturated carbocycles. The second kappa shape index (κ2) is 8.04. The summed E-state index contributed by atoms with van der Waals surface area (Å²) in [7, 11) is 1.56. The van der Waals surface area contributed by atoms with E-state index in [4.69, 9.17) is 9.84 Å². The average molecular weight is 275 g/mol. The number of aliphatic hydroxyl groups excluding tert-OH is 1. The molecule has 2 atom stereocenters. The molecule has 0 bridgehead atoms. The van der Waals surface area contributed by atoms with Crippen LogP contribution >= 0.6 is 0 Å². The first-order valence-corrected chi connectivity index (χ1v) is 5.97. The van der Waals surface area contributed by atoms with Crippen LogP contribution in [0, 0.1) is 0 Å². The third-order valence-corrected chi connectivity index (χ3v) is 2.68. The Morgan fingerprint density at radius 3 is 2.37 bits per heavy atom. The summed E-state index contributed by atoms with van der Waals surface area (Å²) < 4.78 is 33.3. The highest BCUT2D eigenvalue weighted by atomic mass is 19.3. The van der Waals surface area contributed by atoms with Gasteiger partial charge in [-0.1, -0.05) is 12.1 Å². The van der Waals surface area contributed by atoms with Crippen molar-refractivity contribution in [3.8, 4) is 5.75 Å². The maximum atomic E-state index is 12.0. The second-order valence-corrected chi connectivity index (χ2v) is 4.17. The second-order valence-electron chi connectivity index (χ2n) is 4.17. The van der Waals surface area contributed by atoms with Crippen molar-refractivity contribution >= 4 is 0 Å². The minimum Gasteiger partial charge on any atom is -0.435 e. The van der Waals surface area contributed by atoms with Gasteiger partial charge in [-0.05, 0) is 24.6 Å². The standard InChI is InChI=1S/C13H19F2NO3/c1-9(16-11(7-17)8-18-2)10-3-5-12(6-4-10)19-13(14)15/h3-6,9,11,13,16-17H,7-8H2,1-2H3. The minimum absolute atomic E-state index is 0.0344. The first-order valence-electron chi connectivity index (χ1n) is 5.97. The van der Waals surface area contributed by atoms with Gasteiger partial charge >= 0.3 is 6.61 Å². The highest BCUT2D eigenvalue weighted by Crippen LogP contribution is 2.19. The van der Waals surface area contributed by atoms with Crippen molar-refractivity contribution in [3.05, 3.63) is 29.8 Å². The topological polar surface area (TPSA) is 50.7 Å². The van der Waals surface area contributed by atoms with Crippen LogP contribution in [-0.4, -0.2) is 38.1 Å². The zero-order chi connectivity index (χ0) is 14.3. The van der Waals surface area contributed by atoms with Crippen molar-refractivity contribution in [2.75, 3.05) is 20.3 Å². The lowest BCUT2D eigenvalue weighted by Crippen LogP contribution is -2.38. The van der Waals surface area contributed by atoms with Crippen LogP contribution in [0.2, 0.25) is 0 Å². The molecule has 1 rings (SSSR count). The van der Waals surface area contributed by atoms with Crippen molar-refractivity contribution in [1.82, 2.24) is 5.32 Å². The molecule has 1 aromatic carbocycles. The predicted molar refractivity (Wildman–Crippen MR) is 67.4 cm³/mol. The molecule has 0 radical (unpaired) electrons. The molecule has 2 unspecified atom stereocenters. The maximum absolute atomic E-state index is 12.0. The Hall–Kier alpha value is -1.24. The summed E-state index contributed by atoms with van der Waals surface area (Å²) >= 11 is 0. The predicted octanol–water partition coefficient (Wildman–Crippen LogP) is 1.95. The van der Waals surface area contributed by atoms with Crippen molar-refractivity contribution in [2.45, 2.75) is 25.6 Å². The van der Waals surface area contributed by atoms with Crippen LogP contribution in [0.4, 0.5) is 8.78 Å². The summed E-state index contributed by atoms with van der Waals surface area (Å²) in [4.78, 5) is 0. The van der Waals surface area contributed by atoms with E-state index in [1.165, 1.54) is 12.1 Å². The number of ether oxygens (including phenoxy) is 2. The van der Waals surface area contributed by atoms with Crippen LogP contribution in [0.1, 0.15) is 18.5 Å². The molecule has 0 heterocycles. The van der Waals surface area contributed by atoms with Gasteiger partial charge in [0.25, 0.3) is 0 Å². The summed E-state index contributed by atoms with van der Waals surface area (Å²) in [6, 6.07) is 6.19. The Balaban J connectivity index is 2.59. The zero-order valence-corrected chi connectivity index (χ0v) is 11.0. The normalized spacial score (nSPS) is 14.4. The number of halogens is 2. The summed E-state index contributed by atoms with van der Waals surface area (Å²) in [5, 5.41) is 12.3. The molecule has 0 fully saturated rings. The summed E-state index contributed by atoms with van der Waals surface area (Å²) in [5.41, 5.74) is 0.913. The molecule has 0 spiro atoms. The Labute approximate surface area is 111 Å². The van der Waals surface area contributed by atoms with Gasteiger partial charge in [0.1, 0.15) is 5.75 Å². The van der Waals surface area contributed by atoms with Crippen LogP contribution in [0.15, 0.2) is 24.3 Å². The number of nitrogens with one attached hydrogen (secondary N) is 1. The van der Waals surface area contributed by atoms with Gasteiger partial charge in [-0.3, -0.25) is 0 Å². The average Bonchev–Trinajstić information content (AvgIpc) is 2.38. The van der Waals surface area contributed by atoms with Crippen LogP contribution in [0.25, 0.3) is 0 Å². The Morgan fingerprint density at radius 2 is 1.89 bits per heavy atom. The van der Waals surface area contributed by atoms with Crippen molar-refractivity contribution in [2.24, 2.45) is 0 Å². The molecular weight excluding hydrogens is 256 g/mol. The molecule has 108 valence electrons. The summed E-state index contributed by atoms with van der Waals surface area (Å²) in [5.74, 6) is 0.126. The van der Waals surface area contributed by atoms with Crippen LogP contribution < -0.4 is 10.1 Å². The lowest BCUT2D eigenvalue weighted by atomic mass is 10.1. The van der Waals surface area contributed by atoms with Crippen molar-refractivity contribution < 1.29 is 23.4 Å². The fourth-order valence-corrected chi connectivity index (χ4v) is 1.74. The van der Waals surface area contributed by atoms with E-state index < -0.39 is 6.61 Å². The maximum Gasteiger partial charge on any atom is 0.387 e. The van der Waals surface area contributed by atoms with E-state index in [1.54, 1.807) is 19.2 Å². The first kappa shape index (κ1) is 15.8. The lowest BCUT2D eigenvalue weighted by molar-refractivity contribution is -0.0498. The van der Waals surface area contributed by atoms with Crippen LogP contribution in [-0.2, 0) is 4.74 Å². The van der Waals surface area contributed by atoms with Gasteiger partial charge in [0.2, 0.25) is 0 Å². The number of alkyl halides is 2. The quantitative estimate of drug-likeness (QED) is 0.761. The fraction of sp³-hybridized carbons (Fsp3) is 0.538. The Morgan fingerprint density at radius 1 is 1.26 bits per heavy atom. The third-order valence-electron chi connectivity index (χ3n) is 2.68. The van der Waals surface area contributed by atoms with Crippen LogP contribution in [0.3, 0.4) is 0 Å². The molecule has 0 aromatic heterocycles. The molecule has 2 N–H and O–H groups in total. The number of hydrogen-bond acceptors (Lipinski definition) is 4. The fourth-order valence-electron chi connectivity index (χ4n) is 1.74. The largest absolute Gasteiger partial charge is 0.435 e. The third kappa shape index (κ3) is 5.50. The lowest BCUT2D eigenvalue weighted by Gasteiger charge is -2.21. The smallest absolute Gasteiger partial charge is 0.387 e. The molecule has 6 heteroatoms. The molecule has 0 amide bonds. The number of benzene rings is 1. The number of aliphatic hydroxyl groups is 1. The van der Waals surface area contributed by atoms with Crippen molar-refractivity contribution in [1.29, 1.82) is 0 Å². The highest BCUT2D eigenvalue weighted by Gasteiger charge is 2.13. The SMILES string of the molecule is COCC(CO)NC(C)c1ccc(OC(F)F)cc1. The van der Waals surface area contributed by atoms with E-state index in [0.29, 0.717) is 6.61 Å². The first-order chi connectivity index (χ1) is 9.06. The van der Waals surface area contributed by atoms with Gasteiger partial charge in [-0.15, -0.1) is 0 Å². The van der Waals surface area contributed by atoms with Crippen molar-refractivity contribution in [3.63, 3.8) is 0 Å². The molecular formula is C13H19F2NO3. The molecule has 0 aliphatic rings. The molecule has 4 nitrogen and oxygen atoms in total. The minimum atomic E-state index is -2.82. The van der Waals surface area contributed by atoms with Gasteiger partial charge in [0.15, 0.2) is 0 Å². The van der Waals surface area contributed by atoms with Gasteiger partial charge in [0, 0.05) is 13.2 Å². The summed E-state index contributed by atoms with van der Waals surface area (Å²) in [6.07, 6.45) is 0. The zero-order valence-electron chi connectivity index (χ0n) is 11.0. The van der Waals surface area contributed by atoms with E-state index >= 15 is 0 Å². The van der Waals surface area contributed by atoms with E-state index in [0.717, 1.165) is 5.56 Å². The van der Waals surface area contributed by atoms with E-state index in [2.05, 4.69) is 10.1 Å². The molecule has 1 aromatic rings. The number of methoxy groups -OCH3 is 1. The molecule has 0 aliphatic heterocycles. The molecule has 0 aliphatic carbocycles. The van der Waals surface area contributed by atoms with Gasteiger partial charge in [0.05, 0.1) is 19.3 Å². The van der Waals surface area contributed by atoms with E-state index in [1.807, 2.05) is 6.92 Å².